The Kier molecular flexibility index (Phi) is 9.18. The molecule has 0 unspecified atom stereocenters. The number of para-hydroxylation sites is 2. The number of rotatable bonds is 9. The molecule has 1 N–H and O–H groups in total. The first kappa shape index (κ1) is 27.5. The highest BCUT2D eigenvalue weighted by Gasteiger charge is 2.12. The van der Waals surface area contributed by atoms with Crippen LogP contribution in [-0.4, -0.2) is 31.2 Å². The lowest BCUT2D eigenvalue weighted by Crippen LogP contribution is -2.17. The van der Waals surface area contributed by atoms with Crippen LogP contribution < -0.4 is 19.6 Å². The van der Waals surface area contributed by atoms with Crippen LogP contribution >= 0.6 is 0 Å². The molecule has 200 valence electrons. The molecule has 0 saturated heterocycles. The number of ether oxygens (including phenoxy) is 3. The van der Waals surface area contributed by atoms with Gasteiger partial charge in [0.15, 0.2) is 0 Å². The van der Waals surface area contributed by atoms with Crippen molar-refractivity contribution in [2.24, 2.45) is 5.10 Å². The summed E-state index contributed by atoms with van der Waals surface area (Å²) in [5, 5.41) is 3.98. The normalized spacial score (nSPS) is 10.8. The van der Waals surface area contributed by atoms with E-state index in [0.717, 1.165) is 5.56 Å². The number of carbonyl (C=O) groups is 3. The van der Waals surface area contributed by atoms with Crippen LogP contribution in [-0.2, 0) is 4.79 Å². The molecule has 4 aromatic carbocycles. The Bertz CT molecular complexity index is 1570. The minimum Gasteiger partial charge on any atom is -0.497 e. The van der Waals surface area contributed by atoms with E-state index < -0.39 is 17.8 Å². The zero-order chi connectivity index (χ0) is 28.3. The van der Waals surface area contributed by atoms with E-state index in [2.05, 4.69) is 10.5 Å². The minimum atomic E-state index is -0.650. The van der Waals surface area contributed by atoms with Gasteiger partial charge in [0.2, 0.25) is 0 Å². The lowest BCUT2D eigenvalue weighted by atomic mass is 10.1. The molecule has 0 aliphatic carbocycles. The molecule has 8 heteroatoms. The average molecular weight is 535 g/mol. The number of methoxy groups -OCH3 is 1. The highest BCUT2D eigenvalue weighted by molar-refractivity contribution is 5.96. The Labute approximate surface area is 231 Å². The summed E-state index contributed by atoms with van der Waals surface area (Å²) in [4.78, 5) is 37.5. The molecule has 0 aromatic heterocycles. The van der Waals surface area contributed by atoms with Crippen LogP contribution in [0.1, 0.15) is 37.4 Å². The smallest absolute Gasteiger partial charge is 0.343 e. The van der Waals surface area contributed by atoms with Crippen molar-refractivity contribution in [2.75, 3.05) is 7.11 Å². The molecular formula is C32H26N2O6. The maximum atomic E-state index is 12.6. The number of carbonyl (C=O) groups excluding carboxylic acids is 3. The van der Waals surface area contributed by atoms with E-state index in [9.17, 15) is 14.4 Å². The summed E-state index contributed by atoms with van der Waals surface area (Å²) in [7, 11) is 1.54. The predicted octanol–water partition coefficient (Wildman–Crippen LogP) is 5.61. The van der Waals surface area contributed by atoms with Crippen LogP contribution in [0, 0.1) is 6.92 Å². The zero-order valence-electron chi connectivity index (χ0n) is 21.9. The SMILES string of the molecule is COc1ccc(C(=O)N/N=C/c2ccccc2OC(=O)/C=C/c2ccccc2OC(=O)c2cccc(C)c2)cc1. The van der Waals surface area contributed by atoms with E-state index in [1.165, 1.54) is 18.4 Å². The molecule has 4 rings (SSSR count). The van der Waals surface area contributed by atoms with Crippen molar-refractivity contribution in [1.29, 1.82) is 0 Å². The Hall–Kier alpha value is -5.50. The van der Waals surface area contributed by atoms with Crippen LogP contribution in [0.3, 0.4) is 0 Å². The molecule has 0 aliphatic rings. The fourth-order valence-electron chi connectivity index (χ4n) is 3.59. The van der Waals surface area contributed by atoms with Crippen molar-refractivity contribution >= 4 is 30.1 Å². The lowest BCUT2D eigenvalue weighted by Gasteiger charge is -2.08. The second kappa shape index (κ2) is 13.3. The first-order valence-electron chi connectivity index (χ1n) is 12.3. The van der Waals surface area contributed by atoms with Gasteiger partial charge in [0.05, 0.1) is 18.9 Å². The van der Waals surface area contributed by atoms with Crippen LogP contribution in [0.5, 0.6) is 17.2 Å². The van der Waals surface area contributed by atoms with Gasteiger partial charge in [-0.15, -0.1) is 0 Å². The van der Waals surface area contributed by atoms with Gasteiger partial charge < -0.3 is 14.2 Å². The average Bonchev–Trinajstić information content (AvgIpc) is 2.97. The molecule has 1 amide bonds. The van der Waals surface area contributed by atoms with Gasteiger partial charge in [0.1, 0.15) is 17.2 Å². The van der Waals surface area contributed by atoms with Crippen molar-refractivity contribution in [3.63, 3.8) is 0 Å². The molecule has 4 aromatic rings. The van der Waals surface area contributed by atoms with E-state index in [4.69, 9.17) is 14.2 Å². The number of esters is 2. The van der Waals surface area contributed by atoms with Crippen molar-refractivity contribution in [3.05, 3.63) is 131 Å². The molecular weight excluding hydrogens is 508 g/mol. The third-order valence-corrected chi connectivity index (χ3v) is 5.63. The molecule has 8 nitrogen and oxygen atoms in total. The highest BCUT2D eigenvalue weighted by atomic mass is 16.5. The van der Waals surface area contributed by atoms with E-state index in [1.54, 1.807) is 98.1 Å². The molecule has 0 atom stereocenters. The van der Waals surface area contributed by atoms with Crippen molar-refractivity contribution in [3.8, 4) is 17.2 Å². The quantitative estimate of drug-likeness (QED) is 0.0985. The van der Waals surface area contributed by atoms with Crippen LogP contribution in [0.15, 0.2) is 108 Å². The molecule has 0 radical (unpaired) electrons. The number of nitrogens with one attached hydrogen (secondary N) is 1. The van der Waals surface area contributed by atoms with Gasteiger partial charge in [0.25, 0.3) is 5.91 Å². The van der Waals surface area contributed by atoms with Crippen molar-refractivity contribution in [1.82, 2.24) is 5.43 Å². The summed E-state index contributed by atoms with van der Waals surface area (Å²) < 4.78 is 16.1. The number of nitrogens with zero attached hydrogens (tertiary/aromatic N) is 1. The second-order valence-electron chi connectivity index (χ2n) is 8.52. The molecule has 0 saturated carbocycles. The number of hydrogen-bond acceptors (Lipinski definition) is 7. The number of hydrazone groups is 1. The van der Waals surface area contributed by atoms with E-state index in [-0.39, 0.29) is 5.75 Å². The molecule has 0 fully saturated rings. The predicted molar refractivity (Wildman–Crippen MR) is 152 cm³/mol. The maximum absolute atomic E-state index is 12.6. The summed E-state index contributed by atoms with van der Waals surface area (Å²) in [6, 6.07) is 27.3. The van der Waals surface area contributed by atoms with Gasteiger partial charge in [-0.25, -0.2) is 15.0 Å². The number of hydrogen-bond donors (Lipinski definition) is 1. The number of amides is 1. The van der Waals surface area contributed by atoms with Crippen molar-refractivity contribution in [2.45, 2.75) is 6.92 Å². The summed E-state index contributed by atoms with van der Waals surface area (Å²) in [6.07, 6.45) is 4.12. The Morgan fingerprint density at radius 2 is 1.43 bits per heavy atom. The van der Waals surface area contributed by atoms with Gasteiger partial charge in [-0.3, -0.25) is 4.79 Å². The topological polar surface area (TPSA) is 103 Å². The summed E-state index contributed by atoms with van der Waals surface area (Å²) in [5.41, 5.74) is 5.22. The Balaban J connectivity index is 1.39. The van der Waals surface area contributed by atoms with Crippen LogP contribution in [0.4, 0.5) is 0 Å². The van der Waals surface area contributed by atoms with E-state index >= 15 is 0 Å². The molecule has 0 heterocycles. The fourth-order valence-corrected chi connectivity index (χ4v) is 3.59. The van der Waals surface area contributed by atoms with Gasteiger partial charge in [0, 0.05) is 22.8 Å². The first-order valence-corrected chi connectivity index (χ1v) is 12.3. The highest BCUT2D eigenvalue weighted by Crippen LogP contribution is 2.22. The minimum absolute atomic E-state index is 0.249. The largest absolute Gasteiger partial charge is 0.497 e. The first-order chi connectivity index (χ1) is 19.4. The third-order valence-electron chi connectivity index (χ3n) is 5.63. The van der Waals surface area contributed by atoms with Crippen LogP contribution in [0.25, 0.3) is 6.08 Å². The monoisotopic (exact) mass is 534 g/mol. The Morgan fingerprint density at radius 1 is 0.750 bits per heavy atom. The standard InChI is InChI=1S/C32H26N2O6/c1-22-8-7-11-25(20-22)32(37)40-28-12-5-3-9-23(28)16-19-30(35)39-29-13-6-4-10-26(29)21-33-34-31(36)24-14-17-27(38-2)18-15-24/h3-21H,1-2H3,(H,34,36)/b19-16+,33-21+. The van der Waals surface area contributed by atoms with Gasteiger partial charge in [-0.05, 0) is 67.6 Å². The maximum Gasteiger partial charge on any atom is 0.343 e. The molecule has 0 spiro atoms. The van der Waals surface area contributed by atoms with Crippen molar-refractivity contribution < 1.29 is 28.6 Å². The summed E-state index contributed by atoms with van der Waals surface area (Å²) in [5.74, 6) is -0.367. The Morgan fingerprint density at radius 3 is 2.12 bits per heavy atom. The molecule has 40 heavy (non-hydrogen) atoms. The second-order valence-corrected chi connectivity index (χ2v) is 8.52. The zero-order valence-corrected chi connectivity index (χ0v) is 21.9. The fraction of sp³-hybridized carbons (Fsp3) is 0.0625. The van der Waals surface area contributed by atoms with E-state index in [1.807, 2.05) is 13.0 Å². The van der Waals surface area contributed by atoms with Gasteiger partial charge >= 0.3 is 11.9 Å². The molecule has 0 aliphatic heterocycles. The lowest BCUT2D eigenvalue weighted by molar-refractivity contribution is -0.128. The molecule has 0 bridgehead atoms. The number of benzene rings is 4. The van der Waals surface area contributed by atoms with E-state index in [0.29, 0.717) is 33.8 Å². The summed E-state index contributed by atoms with van der Waals surface area (Å²) >= 11 is 0. The van der Waals surface area contributed by atoms with Gasteiger partial charge in [-0.2, -0.15) is 5.10 Å². The van der Waals surface area contributed by atoms with Crippen LogP contribution in [0.2, 0.25) is 0 Å². The summed E-state index contributed by atoms with van der Waals surface area (Å²) in [6.45, 7) is 1.89. The third kappa shape index (κ3) is 7.52. The van der Waals surface area contributed by atoms with Gasteiger partial charge in [-0.1, -0.05) is 48.0 Å². The number of aryl methyl sites for hydroxylation is 1.